The zero-order chi connectivity index (χ0) is 13.2. The second-order valence-electron chi connectivity index (χ2n) is 4.11. The van der Waals surface area contributed by atoms with E-state index in [0.29, 0.717) is 13.0 Å². The lowest BCUT2D eigenvalue weighted by atomic mass is 10.1. The molecule has 1 aliphatic rings. The molecule has 2 rings (SSSR count). The van der Waals surface area contributed by atoms with Crippen LogP contribution in [0.5, 0.6) is 0 Å². The van der Waals surface area contributed by atoms with Crippen LogP contribution in [0.2, 0.25) is 0 Å². The standard InChI is InChI=1S/C11H13F2N3O2/c1-18-9(17)8-3-5-14-10(15-8)16-6-2-4-11(12,13)7-16/h3,5H,2,4,6-7H2,1H3. The Bertz CT molecular complexity index is 454. The highest BCUT2D eigenvalue weighted by atomic mass is 19.3. The molecule has 5 nitrogen and oxygen atoms in total. The lowest BCUT2D eigenvalue weighted by Crippen LogP contribution is -2.43. The quantitative estimate of drug-likeness (QED) is 0.751. The van der Waals surface area contributed by atoms with Gasteiger partial charge in [-0.3, -0.25) is 0 Å². The minimum atomic E-state index is -2.73. The summed E-state index contributed by atoms with van der Waals surface area (Å²) in [6.07, 6.45) is 1.61. The maximum Gasteiger partial charge on any atom is 0.356 e. The molecule has 0 spiro atoms. The fraction of sp³-hybridized carbons (Fsp3) is 0.545. The van der Waals surface area contributed by atoms with E-state index < -0.39 is 18.4 Å². The van der Waals surface area contributed by atoms with Crippen molar-refractivity contribution in [3.05, 3.63) is 18.0 Å². The number of ether oxygens (including phenoxy) is 1. The average molecular weight is 257 g/mol. The Kier molecular flexibility index (Phi) is 3.40. The number of carbonyl (C=O) groups is 1. The first kappa shape index (κ1) is 12.7. The van der Waals surface area contributed by atoms with Gasteiger partial charge in [-0.15, -0.1) is 0 Å². The maximum atomic E-state index is 13.3. The predicted molar refractivity (Wildman–Crippen MR) is 59.8 cm³/mol. The van der Waals surface area contributed by atoms with Crippen LogP contribution in [-0.2, 0) is 4.74 Å². The van der Waals surface area contributed by atoms with Crippen LogP contribution < -0.4 is 4.90 Å². The molecule has 1 aliphatic heterocycles. The van der Waals surface area contributed by atoms with Gasteiger partial charge in [0.25, 0.3) is 5.92 Å². The molecule has 0 unspecified atom stereocenters. The molecular formula is C11H13F2N3O2. The number of aromatic nitrogens is 2. The van der Waals surface area contributed by atoms with Crippen LogP contribution in [-0.4, -0.2) is 42.1 Å². The first-order valence-corrected chi connectivity index (χ1v) is 5.56. The molecular weight excluding hydrogens is 244 g/mol. The molecule has 0 N–H and O–H groups in total. The van der Waals surface area contributed by atoms with Gasteiger partial charge < -0.3 is 9.64 Å². The van der Waals surface area contributed by atoms with Crippen LogP contribution >= 0.6 is 0 Å². The molecule has 1 fully saturated rings. The third kappa shape index (κ3) is 2.72. The largest absolute Gasteiger partial charge is 0.464 e. The molecule has 0 saturated carbocycles. The van der Waals surface area contributed by atoms with Gasteiger partial charge in [-0.2, -0.15) is 0 Å². The zero-order valence-corrected chi connectivity index (χ0v) is 9.90. The predicted octanol–water partition coefficient (Wildman–Crippen LogP) is 1.50. The topological polar surface area (TPSA) is 55.3 Å². The number of hydrogen-bond donors (Lipinski definition) is 0. The van der Waals surface area contributed by atoms with Gasteiger partial charge in [-0.25, -0.2) is 23.5 Å². The summed E-state index contributed by atoms with van der Waals surface area (Å²) in [7, 11) is 1.24. The molecule has 0 radical (unpaired) electrons. The molecule has 1 saturated heterocycles. The summed E-state index contributed by atoms with van der Waals surface area (Å²) in [5.74, 6) is -3.21. The second-order valence-corrected chi connectivity index (χ2v) is 4.11. The van der Waals surface area contributed by atoms with Crippen molar-refractivity contribution < 1.29 is 18.3 Å². The number of rotatable bonds is 2. The van der Waals surface area contributed by atoms with Crippen molar-refractivity contribution in [3.63, 3.8) is 0 Å². The molecule has 1 aromatic heterocycles. The molecule has 0 bridgehead atoms. The molecule has 7 heteroatoms. The van der Waals surface area contributed by atoms with Crippen molar-refractivity contribution in [1.29, 1.82) is 0 Å². The highest BCUT2D eigenvalue weighted by molar-refractivity contribution is 5.87. The number of esters is 1. The highest BCUT2D eigenvalue weighted by Crippen LogP contribution is 2.28. The monoisotopic (exact) mass is 257 g/mol. The fourth-order valence-corrected chi connectivity index (χ4v) is 1.86. The molecule has 0 aromatic carbocycles. The first-order chi connectivity index (χ1) is 8.52. The van der Waals surface area contributed by atoms with Gasteiger partial charge in [0, 0.05) is 19.2 Å². The molecule has 98 valence electrons. The molecule has 0 amide bonds. The Morgan fingerprint density at radius 2 is 2.33 bits per heavy atom. The van der Waals surface area contributed by atoms with Gasteiger partial charge in [-0.1, -0.05) is 0 Å². The summed E-state index contributed by atoms with van der Waals surface area (Å²) in [6.45, 7) is 0.0395. The van der Waals surface area contributed by atoms with Crippen LogP contribution in [0.1, 0.15) is 23.3 Å². The summed E-state index contributed by atoms with van der Waals surface area (Å²) < 4.78 is 31.1. The van der Waals surface area contributed by atoms with E-state index in [1.807, 2.05) is 0 Å². The fourth-order valence-electron chi connectivity index (χ4n) is 1.86. The van der Waals surface area contributed by atoms with Crippen molar-refractivity contribution in [3.8, 4) is 0 Å². The van der Waals surface area contributed by atoms with E-state index in [9.17, 15) is 13.6 Å². The normalized spacial score (nSPS) is 18.5. The summed E-state index contributed by atoms with van der Waals surface area (Å²) in [4.78, 5) is 20.5. The average Bonchev–Trinajstić information content (AvgIpc) is 2.37. The van der Waals surface area contributed by atoms with E-state index in [4.69, 9.17) is 0 Å². The Hall–Kier alpha value is -1.79. The van der Waals surface area contributed by atoms with Crippen LogP contribution in [0.3, 0.4) is 0 Å². The van der Waals surface area contributed by atoms with Crippen molar-refractivity contribution >= 4 is 11.9 Å². The second kappa shape index (κ2) is 4.83. The van der Waals surface area contributed by atoms with E-state index in [1.54, 1.807) is 0 Å². The van der Waals surface area contributed by atoms with Crippen LogP contribution in [0, 0.1) is 0 Å². The number of piperidine rings is 1. The minimum Gasteiger partial charge on any atom is -0.464 e. The summed E-state index contributed by atoms with van der Waals surface area (Å²) in [5.41, 5.74) is 0.0661. The van der Waals surface area contributed by atoms with Crippen LogP contribution in [0.25, 0.3) is 0 Å². The Morgan fingerprint density at radius 1 is 1.56 bits per heavy atom. The van der Waals surface area contributed by atoms with Gasteiger partial charge in [0.1, 0.15) is 0 Å². The number of halogens is 2. The van der Waals surface area contributed by atoms with Crippen molar-refractivity contribution in [2.75, 3.05) is 25.1 Å². The lowest BCUT2D eigenvalue weighted by Gasteiger charge is -2.32. The van der Waals surface area contributed by atoms with Gasteiger partial charge in [-0.05, 0) is 12.5 Å². The zero-order valence-electron chi connectivity index (χ0n) is 9.90. The maximum absolute atomic E-state index is 13.3. The summed E-state index contributed by atoms with van der Waals surface area (Å²) >= 11 is 0. The van der Waals surface area contributed by atoms with E-state index >= 15 is 0 Å². The number of carbonyl (C=O) groups excluding carboxylic acids is 1. The van der Waals surface area contributed by atoms with E-state index in [2.05, 4.69) is 14.7 Å². The van der Waals surface area contributed by atoms with Crippen LogP contribution in [0.4, 0.5) is 14.7 Å². The van der Waals surface area contributed by atoms with E-state index in [-0.39, 0.29) is 18.1 Å². The van der Waals surface area contributed by atoms with Gasteiger partial charge in [0.05, 0.1) is 13.7 Å². The number of alkyl halides is 2. The number of nitrogens with zero attached hydrogens (tertiary/aromatic N) is 3. The van der Waals surface area contributed by atoms with Gasteiger partial charge >= 0.3 is 5.97 Å². The molecule has 0 aliphatic carbocycles. The van der Waals surface area contributed by atoms with E-state index in [1.165, 1.54) is 24.3 Å². The van der Waals surface area contributed by atoms with Crippen molar-refractivity contribution in [1.82, 2.24) is 9.97 Å². The van der Waals surface area contributed by atoms with Crippen molar-refractivity contribution in [2.45, 2.75) is 18.8 Å². The summed E-state index contributed by atoms with van der Waals surface area (Å²) in [5, 5.41) is 0. The highest BCUT2D eigenvalue weighted by Gasteiger charge is 2.36. The first-order valence-electron chi connectivity index (χ1n) is 5.56. The number of methoxy groups -OCH3 is 1. The third-order valence-electron chi connectivity index (χ3n) is 2.71. The SMILES string of the molecule is COC(=O)c1ccnc(N2CCCC(F)(F)C2)n1. The molecule has 0 atom stereocenters. The molecule has 18 heavy (non-hydrogen) atoms. The molecule has 1 aromatic rings. The van der Waals surface area contributed by atoms with Gasteiger partial charge in [0.15, 0.2) is 5.69 Å². The van der Waals surface area contributed by atoms with Crippen molar-refractivity contribution in [2.24, 2.45) is 0 Å². The molecule has 2 heterocycles. The minimum absolute atomic E-state index is 0.0661. The third-order valence-corrected chi connectivity index (χ3v) is 2.71. The Morgan fingerprint density at radius 3 is 3.00 bits per heavy atom. The van der Waals surface area contributed by atoms with E-state index in [0.717, 1.165) is 0 Å². The Balaban J connectivity index is 2.20. The summed E-state index contributed by atoms with van der Waals surface area (Å²) in [6, 6.07) is 1.39. The van der Waals surface area contributed by atoms with Crippen LogP contribution in [0.15, 0.2) is 12.3 Å². The Labute approximate surface area is 103 Å². The lowest BCUT2D eigenvalue weighted by molar-refractivity contribution is -0.0120. The smallest absolute Gasteiger partial charge is 0.356 e. The number of hydrogen-bond acceptors (Lipinski definition) is 5. The number of anilines is 1. The van der Waals surface area contributed by atoms with Gasteiger partial charge in [0.2, 0.25) is 5.95 Å².